The number of hydrogen-bond acceptors (Lipinski definition) is 7. The molecule has 0 bridgehead atoms. The first kappa shape index (κ1) is 25.0. The summed E-state index contributed by atoms with van der Waals surface area (Å²) in [6, 6.07) is 8.20. The molecule has 1 aliphatic rings. The minimum absolute atomic E-state index is 0.00900. The van der Waals surface area contributed by atoms with E-state index in [9.17, 15) is 9.90 Å². The molecular formula is C23H33ClN6O3. The number of aliphatic hydroxyl groups is 1. The normalized spacial score (nSPS) is 16.1. The molecule has 1 aromatic carbocycles. The van der Waals surface area contributed by atoms with Gasteiger partial charge in [-0.25, -0.2) is 9.78 Å². The molecule has 1 fully saturated rings. The zero-order valence-corrected chi connectivity index (χ0v) is 20.2. The molecule has 1 saturated heterocycles. The smallest absolute Gasteiger partial charge is 0.407 e. The average molecular weight is 477 g/mol. The number of rotatable bonds is 9. The minimum Gasteiger partial charge on any atom is -0.465 e. The summed E-state index contributed by atoms with van der Waals surface area (Å²) < 4.78 is 0. The Morgan fingerprint density at radius 3 is 2.33 bits per heavy atom. The third kappa shape index (κ3) is 7.17. The molecule has 33 heavy (non-hydrogen) atoms. The first-order chi connectivity index (χ1) is 15.7. The summed E-state index contributed by atoms with van der Waals surface area (Å²) >= 11 is 6.14. The lowest BCUT2D eigenvalue weighted by Crippen LogP contribution is -2.48. The van der Waals surface area contributed by atoms with Crippen LogP contribution in [0.15, 0.2) is 24.3 Å². The van der Waals surface area contributed by atoms with Crippen LogP contribution in [0.1, 0.15) is 44.5 Å². The van der Waals surface area contributed by atoms with Crippen LogP contribution in [0, 0.1) is 5.92 Å². The number of benzene rings is 1. The van der Waals surface area contributed by atoms with Gasteiger partial charge >= 0.3 is 6.09 Å². The predicted octanol–water partition coefficient (Wildman–Crippen LogP) is 3.49. The Labute approximate surface area is 199 Å². The number of aromatic nitrogens is 3. The highest BCUT2D eigenvalue weighted by molar-refractivity contribution is 6.28. The number of halogens is 1. The van der Waals surface area contributed by atoms with Gasteiger partial charge in [-0.1, -0.05) is 32.9 Å². The fraction of sp³-hybridized carbons (Fsp3) is 0.565. The van der Waals surface area contributed by atoms with E-state index in [1.807, 2.05) is 0 Å². The topological polar surface area (TPSA) is 115 Å². The summed E-state index contributed by atoms with van der Waals surface area (Å²) in [6.45, 7) is 8.69. The van der Waals surface area contributed by atoms with Gasteiger partial charge in [0.05, 0.1) is 12.6 Å². The van der Waals surface area contributed by atoms with E-state index in [2.05, 4.69) is 70.2 Å². The number of carboxylic acid groups (broad SMARTS) is 1. The molecule has 3 rings (SSSR count). The third-order valence-corrected chi connectivity index (χ3v) is 6.00. The summed E-state index contributed by atoms with van der Waals surface area (Å²) in [4.78, 5) is 27.7. The molecule has 0 saturated carbocycles. The van der Waals surface area contributed by atoms with Gasteiger partial charge in [-0.15, -0.1) is 0 Å². The summed E-state index contributed by atoms with van der Waals surface area (Å²) in [5.41, 5.74) is 2.24. The van der Waals surface area contributed by atoms with Gasteiger partial charge in [0.2, 0.25) is 11.2 Å². The van der Waals surface area contributed by atoms with Crippen LogP contribution in [0.4, 0.5) is 16.4 Å². The first-order valence-corrected chi connectivity index (χ1v) is 11.7. The Morgan fingerprint density at radius 1 is 1.09 bits per heavy atom. The molecule has 1 unspecified atom stereocenters. The molecule has 180 valence electrons. The van der Waals surface area contributed by atoms with E-state index in [1.165, 1.54) is 4.90 Å². The van der Waals surface area contributed by atoms with Crippen LogP contribution in [-0.4, -0.2) is 75.0 Å². The number of nitrogens with one attached hydrogen (secondary N) is 1. The Kier molecular flexibility index (Phi) is 8.68. The lowest BCUT2D eigenvalue weighted by atomic mass is 9.97. The summed E-state index contributed by atoms with van der Waals surface area (Å²) in [5.74, 6) is 1.57. The maximum atomic E-state index is 11.1. The van der Waals surface area contributed by atoms with Crippen molar-refractivity contribution >= 4 is 29.3 Å². The van der Waals surface area contributed by atoms with Crippen molar-refractivity contribution in [2.24, 2.45) is 5.92 Å². The van der Waals surface area contributed by atoms with Gasteiger partial charge in [-0.3, -0.25) is 0 Å². The summed E-state index contributed by atoms with van der Waals surface area (Å²) in [7, 11) is 0. The van der Waals surface area contributed by atoms with Crippen LogP contribution in [0.2, 0.25) is 5.28 Å². The summed E-state index contributed by atoms with van der Waals surface area (Å²) in [5, 5.41) is 22.0. The van der Waals surface area contributed by atoms with Crippen molar-refractivity contribution in [3.05, 3.63) is 40.9 Å². The maximum Gasteiger partial charge on any atom is 0.407 e. The van der Waals surface area contributed by atoms with Crippen molar-refractivity contribution in [1.29, 1.82) is 0 Å². The third-order valence-electron chi connectivity index (χ3n) is 5.83. The molecule has 9 nitrogen and oxygen atoms in total. The van der Waals surface area contributed by atoms with E-state index in [-0.39, 0.29) is 23.9 Å². The van der Waals surface area contributed by atoms with Gasteiger partial charge in [0.15, 0.2) is 0 Å². The van der Waals surface area contributed by atoms with Crippen LogP contribution < -0.4 is 10.2 Å². The zero-order valence-electron chi connectivity index (χ0n) is 19.4. The lowest BCUT2D eigenvalue weighted by Gasteiger charge is -2.34. The van der Waals surface area contributed by atoms with E-state index in [1.54, 1.807) is 0 Å². The number of piperazine rings is 1. The lowest BCUT2D eigenvalue weighted by molar-refractivity contribution is 0.142. The molecule has 0 spiro atoms. The van der Waals surface area contributed by atoms with Crippen LogP contribution >= 0.6 is 11.6 Å². The van der Waals surface area contributed by atoms with Crippen LogP contribution in [0.3, 0.4) is 0 Å². The second-order valence-electron chi connectivity index (χ2n) is 8.95. The van der Waals surface area contributed by atoms with Crippen LogP contribution in [0.5, 0.6) is 0 Å². The molecular weight excluding hydrogens is 444 g/mol. The fourth-order valence-corrected chi connectivity index (χ4v) is 4.22. The van der Waals surface area contributed by atoms with E-state index in [0.717, 1.165) is 17.7 Å². The van der Waals surface area contributed by atoms with E-state index in [4.69, 9.17) is 16.7 Å². The molecule has 1 aliphatic heterocycles. The van der Waals surface area contributed by atoms with Crippen molar-refractivity contribution in [3.63, 3.8) is 0 Å². The van der Waals surface area contributed by atoms with Gasteiger partial charge in [0, 0.05) is 38.3 Å². The van der Waals surface area contributed by atoms with Gasteiger partial charge in [-0.05, 0) is 47.6 Å². The largest absolute Gasteiger partial charge is 0.465 e. The monoisotopic (exact) mass is 476 g/mol. The predicted molar refractivity (Wildman–Crippen MR) is 129 cm³/mol. The van der Waals surface area contributed by atoms with E-state index < -0.39 is 6.09 Å². The summed E-state index contributed by atoms with van der Waals surface area (Å²) in [6.07, 6.45) is 0.535. The Bertz CT molecular complexity index is 919. The number of amides is 1. The first-order valence-electron chi connectivity index (χ1n) is 11.4. The van der Waals surface area contributed by atoms with E-state index >= 15 is 0 Å². The number of hydrogen-bond donors (Lipinski definition) is 3. The molecule has 1 aromatic heterocycles. The molecule has 0 aliphatic carbocycles. The molecule has 2 aromatic rings. The second-order valence-corrected chi connectivity index (χ2v) is 9.29. The maximum absolute atomic E-state index is 11.1. The number of nitrogens with zero attached hydrogens (tertiary/aromatic N) is 5. The molecule has 10 heteroatoms. The van der Waals surface area contributed by atoms with Gasteiger partial charge in [0.25, 0.3) is 0 Å². The van der Waals surface area contributed by atoms with Crippen LogP contribution in [-0.2, 0) is 6.42 Å². The highest BCUT2D eigenvalue weighted by atomic mass is 35.5. The Morgan fingerprint density at radius 2 is 1.76 bits per heavy atom. The Balaban J connectivity index is 1.62. The molecule has 2 atom stereocenters. The fourth-order valence-electron chi connectivity index (χ4n) is 4.04. The van der Waals surface area contributed by atoms with Gasteiger partial charge in [0.1, 0.15) is 5.82 Å². The van der Waals surface area contributed by atoms with Crippen molar-refractivity contribution in [3.8, 4) is 0 Å². The Hall–Kier alpha value is -2.65. The zero-order chi connectivity index (χ0) is 24.0. The molecule has 1 amide bonds. The molecule has 0 radical (unpaired) electrons. The SMILES string of the molecule is CC(C)C[C@H](CO)Nc1nc(Cl)nc(CC(C)c2ccc(N3CCN(C(=O)O)CC3)cc2)n1. The van der Waals surface area contributed by atoms with E-state index in [0.29, 0.717) is 50.3 Å². The number of carbonyl (C=O) groups is 1. The number of anilines is 2. The quantitative estimate of drug-likeness (QED) is 0.503. The number of aliphatic hydroxyl groups excluding tert-OH is 1. The van der Waals surface area contributed by atoms with Gasteiger partial charge < -0.3 is 25.3 Å². The molecule has 3 N–H and O–H groups in total. The standard InChI is InChI=1S/C23H33ClN6O3/c1-15(2)12-18(14-31)25-22-27-20(26-21(24)28-22)13-16(3)17-4-6-19(7-5-17)29-8-10-30(11-9-29)23(32)33/h4-7,15-16,18,31H,8-14H2,1-3H3,(H,32,33)(H,25,26,27,28)/t16?,18-/m1/s1. The van der Waals surface area contributed by atoms with Gasteiger partial charge in [-0.2, -0.15) is 9.97 Å². The van der Waals surface area contributed by atoms with Crippen LogP contribution in [0.25, 0.3) is 0 Å². The second kappa shape index (κ2) is 11.5. The van der Waals surface area contributed by atoms with Crippen molar-refractivity contribution in [2.45, 2.75) is 45.6 Å². The van der Waals surface area contributed by atoms with Crippen molar-refractivity contribution in [1.82, 2.24) is 19.9 Å². The average Bonchev–Trinajstić information content (AvgIpc) is 2.78. The highest BCUT2D eigenvalue weighted by Gasteiger charge is 2.21. The van der Waals surface area contributed by atoms with Crippen molar-refractivity contribution < 1.29 is 15.0 Å². The highest BCUT2D eigenvalue weighted by Crippen LogP contribution is 2.24. The molecule has 2 heterocycles. The minimum atomic E-state index is -0.859. The van der Waals surface area contributed by atoms with Crippen molar-refractivity contribution in [2.75, 3.05) is 43.0 Å².